The molecule has 3 aliphatic heterocycles. The lowest BCUT2D eigenvalue weighted by molar-refractivity contribution is -0.142. The van der Waals surface area contributed by atoms with Gasteiger partial charge in [0.2, 0.25) is 5.91 Å². The normalized spacial score (nSPS) is 27.6. The van der Waals surface area contributed by atoms with E-state index in [0.717, 1.165) is 65.0 Å². The minimum absolute atomic E-state index is 0.0917. The van der Waals surface area contributed by atoms with E-state index in [4.69, 9.17) is 0 Å². The Morgan fingerprint density at radius 3 is 2.03 bits per heavy atom. The van der Waals surface area contributed by atoms with Crippen LogP contribution in [0.1, 0.15) is 73.1 Å². The summed E-state index contributed by atoms with van der Waals surface area (Å²) >= 11 is 0. The molecule has 0 aromatic carbocycles. The quantitative estimate of drug-likeness (QED) is 0.677. The number of alkyl halides is 2. The molecule has 0 N–H and O–H groups in total. The Balaban J connectivity index is 0.00000145. The Kier molecular flexibility index (Phi) is 8.89. The van der Waals surface area contributed by atoms with Crippen LogP contribution >= 0.6 is 0 Å². The molecule has 0 aromatic rings. The predicted molar refractivity (Wildman–Crippen MR) is 115 cm³/mol. The maximum Gasteiger partial charge on any atom is 0.275 e. The molecule has 3 heterocycles. The summed E-state index contributed by atoms with van der Waals surface area (Å²) in [7, 11) is 0. The van der Waals surface area contributed by atoms with Crippen LogP contribution in [-0.4, -0.2) is 78.4 Å². The molecule has 170 valence electrons. The summed E-state index contributed by atoms with van der Waals surface area (Å²) in [5, 5.41) is 0. The van der Waals surface area contributed by atoms with Crippen molar-refractivity contribution in [2.24, 2.45) is 11.3 Å². The van der Waals surface area contributed by atoms with Crippen molar-refractivity contribution in [1.29, 1.82) is 0 Å². The van der Waals surface area contributed by atoms with Crippen molar-refractivity contribution in [3.63, 3.8) is 0 Å². The summed E-state index contributed by atoms with van der Waals surface area (Å²) in [5.74, 6) is -1.94. The molecule has 0 saturated carbocycles. The number of halogens is 2. The zero-order chi connectivity index (χ0) is 21.7. The van der Waals surface area contributed by atoms with Crippen LogP contribution in [0.15, 0.2) is 0 Å². The number of carbonyl (C=O) groups is 1. The third kappa shape index (κ3) is 6.13. The van der Waals surface area contributed by atoms with Crippen molar-refractivity contribution >= 4 is 5.91 Å². The van der Waals surface area contributed by atoms with Gasteiger partial charge in [-0.25, -0.2) is 8.78 Å². The van der Waals surface area contributed by atoms with Crippen LogP contribution in [0.5, 0.6) is 0 Å². The molecular formula is C23H43F2N3O. The second kappa shape index (κ2) is 10.5. The molecule has 1 amide bonds. The molecule has 1 atom stereocenters. The Labute approximate surface area is 177 Å². The van der Waals surface area contributed by atoms with E-state index in [1.807, 2.05) is 30.6 Å². The molecule has 3 fully saturated rings. The van der Waals surface area contributed by atoms with Crippen LogP contribution in [0.2, 0.25) is 0 Å². The first-order chi connectivity index (χ1) is 13.7. The van der Waals surface area contributed by atoms with Crippen molar-refractivity contribution < 1.29 is 13.6 Å². The molecule has 0 radical (unpaired) electrons. The van der Waals surface area contributed by atoms with Gasteiger partial charge in [0.25, 0.3) is 5.92 Å². The lowest BCUT2D eigenvalue weighted by Gasteiger charge is -2.51. The summed E-state index contributed by atoms with van der Waals surface area (Å²) in [5.41, 5.74) is 0.272. The van der Waals surface area contributed by atoms with Crippen molar-refractivity contribution in [1.82, 2.24) is 14.7 Å². The van der Waals surface area contributed by atoms with Crippen LogP contribution < -0.4 is 0 Å². The summed E-state index contributed by atoms with van der Waals surface area (Å²) in [6.45, 7) is 14.8. The zero-order valence-corrected chi connectivity index (χ0v) is 19.4. The van der Waals surface area contributed by atoms with Crippen molar-refractivity contribution in [3.8, 4) is 0 Å². The first-order valence-corrected chi connectivity index (χ1v) is 11.9. The van der Waals surface area contributed by atoms with Crippen LogP contribution in [0, 0.1) is 11.3 Å². The number of amides is 1. The largest absolute Gasteiger partial charge is 0.343 e. The highest BCUT2D eigenvalue weighted by atomic mass is 19.3. The molecule has 0 aliphatic carbocycles. The maximum absolute atomic E-state index is 14.8. The first kappa shape index (κ1) is 24.5. The standard InChI is InChI=1S/C21H37F2N3O.C2H6/c1-4-19(27)26-13-8-20(9-14-26)6-11-25(12-7-20)18-5-10-24(15-17(2)3)16-21(18,22)23;1-2/h17-18H,4-16H2,1-3H3;1-2H3/t18-;/m0./s1. The Morgan fingerprint density at radius 2 is 1.55 bits per heavy atom. The van der Waals surface area contributed by atoms with Gasteiger partial charge in [0.15, 0.2) is 0 Å². The van der Waals surface area contributed by atoms with Crippen molar-refractivity contribution in [2.75, 3.05) is 45.8 Å². The average molecular weight is 416 g/mol. The summed E-state index contributed by atoms with van der Waals surface area (Å²) in [6, 6.07) is -0.597. The van der Waals surface area contributed by atoms with Gasteiger partial charge in [0, 0.05) is 32.6 Å². The minimum atomic E-state index is -2.62. The third-order valence-corrected chi connectivity index (χ3v) is 7.04. The number of piperidine rings is 3. The summed E-state index contributed by atoms with van der Waals surface area (Å²) in [6.07, 6.45) is 5.23. The van der Waals surface area contributed by atoms with E-state index >= 15 is 0 Å². The lowest BCUT2D eigenvalue weighted by atomic mass is 9.70. The van der Waals surface area contributed by atoms with Crippen LogP contribution in [0.3, 0.4) is 0 Å². The molecule has 3 saturated heterocycles. The molecule has 3 aliphatic rings. The third-order valence-electron chi connectivity index (χ3n) is 7.04. The zero-order valence-electron chi connectivity index (χ0n) is 19.4. The second-order valence-corrected chi connectivity index (χ2v) is 9.46. The molecule has 29 heavy (non-hydrogen) atoms. The van der Waals surface area contributed by atoms with E-state index in [1.54, 1.807) is 0 Å². The molecule has 0 aromatic heterocycles. The van der Waals surface area contributed by atoms with E-state index in [1.165, 1.54) is 0 Å². The molecule has 3 rings (SSSR count). The predicted octanol–water partition coefficient (Wildman–Crippen LogP) is 4.49. The van der Waals surface area contributed by atoms with Gasteiger partial charge in [0.1, 0.15) is 0 Å². The smallest absolute Gasteiger partial charge is 0.275 e. The fraction of sp³-hybridized carbons (Fsp3) is 0.957. The highest BCUT2D eigenvalue weighted by Crippen LogP contribution is 2.43. The number of hydrogen-bond donors (Lipinski definition) is 0. The topological polar surface area (TPSA) is 26.8 Å². The van der Waals surface area contributed by atoms with E-state index in [9.17, 15) is 13.6 Å². The molecule has 0 unspecified atom stereocenters. The number of rotatable bonds is 4. The summed E-state index contributed by atoms with van der Waals surface area (Å²) in [4.78, 5) is 17.9. The average Bonchev–Trinajstić information content (AvgIpc) is 2.69. The highest BCUT2D eigenvalue weighted by Gasteiger charge is 2.49. The van der Waals surface area contributed by atoms with E-state index in [-0.39, 0.29) is 17.9 Å². The van der Waals surface area contributed by atoms with Gasteiger partial charge in [-0.1, -0.05) is 34.6 Å². The lowest BCUT2D eigenvalue weighted by Crippen LogP contribution is -2.61. The second-order valence-electron chi connectivity index (χ2n) is 9.46. The fourth-order valence-electron chi connectivity index (χ4n) is 5.38. The molecule has 4 nitrogen and oxygen atoms in total. The van der Waals surface area contributed by atoms with E-state index in [0.29, 0.717) is 18.8 Å². The Bertz CT molecular complexity index is 508. The van der Waals surface area contributed by atoms with Crippen molar-refractivity contribution in [2.45, 2.75) is 85.1 Å². The number of hydrogen-bond acceptors (Lipinski definition) is 3. The molecule has 0 bridgehead atoms. The van der Waals surface area contributed by atoms with Crippen molar-refractivity contribution in [3.05, 3.63) is 0 Å². The SMILES string of the molecule is CC.CCC(=O)N1CCC2(CC1)CCN([C@H]1CCN(CC(C)C)CC1(F)F)CC2. The van der Waals surface area contributed by atoms with E-state index in [2.05, 4.69) is 18.7 Å². The van der Waals surface area contributed by atoms with Crippen LogP contribution in [-0.2, 0) is 4.79 Å². The van der Waals surface area contributed by atoms with Crippen LogP contribution in [0.25, 0.3) is 0 Å². The van der Waals surface area contributed by atoms with Gasteiger partial charge in [-0.15, -0.1) is 0 Å². The first-order valence-electron chi connectivity index (χ1n) is 11.9. The highest BCUT2D eigenvalue weighted by molar-refractivity contribution is 5.75. The minimum Gasteiger partial charge on any atom is -0.343 e. The fourth-order valence-corrected chi connectivity index (χ4v) is 5.38. The van der Waals surface area contributed by atoms with Gasteiger partial charge in [-0.3, -0.25) is 14.6 Å². The maximum atomic E-state index is 14.8. The van der Waals surface area contributed by atoms with Gasteiger partial charge < -0.3 is 4.90 Å². The molecule has 1 spiro atoms. The molecular weight excluding hydrogens is 372 g/mol. The van der Waals surface area contributed by atoms with Crippen LogP contribution in [0.4, 0.5) is 8.78 Å². The van der Waals surface area contributed by atoms with Gasteiger partial charge >= 0.3 is 0 Å². The number of nitrogens with zero attached hydrogens (tertiary/aromatic N) is 3. The monoisotopic (exact) mass is 415 g/mol. The van der Waals surface area contributed by atoms with Gasteiger partial charge in [-0.2, -0.15) is 0 Å². The van der Waals surface area contributed by atoms with Gasteiger partial charge in [-0.05, 0) is 56.5 Å². The van der Waals surface area contributed by atoms with Gasteiger partial charge in [0.05, 0.1) is 12.6 Å². The Morgan fingerprint density at radius 1 is 1.00 bits per heavy atom. The number of likely N-dealkylation sites (tertiary alicyclic amines) is 3. The summed E-state index contributed by atoms with van der Waals surface area (Å²) < 4.78 is 29.7. The Hall–Kier alpha value is -0.750. The number of carbonyl (C=O) groups excluding carboxylic acids is 1. The van der Waals surface area contributed by atoms with E-state index < -0.39 is 12.0 Å². The molecule has 6 heteroatoms.